The molecule has 0 spiro atoms. The van der Waals surface area contributed by atoms with Crippen molar-refractivity contribution in [3.8, 4) is 6.07 Å². The highest BCUT2D eigenvalue weighted by Gasteiger charge is 2.29. The summed E-state index contributed by atoms with van der Waals surface area (Å²) in [5.74, 6) is -1.24. The minimum absolute atomic E-state index is 0.0138. The molecule has 0 saturated heterocycles. The van der Waals surface area contributed by atoms with E-state index in [0.717, 1.165) is 21.6 Å². The summed E-state index contributed by atoms with van der Waals surface area (Å²) in [5, 5.41) is 19.1. The number of aromatic nitrogens is 4. The molecule has 1 aliphatic carbocycles. The molecular weight excluding hydrogens is 530 g/mol. The molecule has 3 aromatic heterocycles. The van der Waals surface area contributed by atoms with Crippen molar-refractivity contribution in [1.29, 1.82) is 5.26 Å². The van der Waals surface area contributed by atoms with Gasteiger partial charge in [0.2, 0.25) is 0 Å². The maximum atomic E-state index is 13.5. The van der Waals surface area contributed by atoms with Crippen molar-refractivity contribution in [2.75, 3.05) is 6.61 Å². The fraction of sp³-hybridized carbons (Fsp3) is 0.250. The Morgan fingerprint density at radius 2 is 2.12 bits per heavy atom. The average Bonchev–Trinajstić information content (AvgIpc) is 3.71. The van der Waals surface area contributed by atoms with E-state index < -0.39 is 17.8 Å². The maximum Gasteiger partial charge on any atom is 0.338 e. The van der Waals surface area contributed by atoms with Gasteiger partial charge >= 0.3 is 5.97 Å². The molecule has 1 aliphatic rings. The van der Waals surface area contributed by atoms with Crippen molar-refractivity contribution in [2.24, 2.45) is 0 Å². The fourth-order valence-corrected chi connectivity index (χ4v) is 5.58. The van der Waals surface area contributed by atoms with Gasteiger partial charge in [0, 0.05) is 10.9 Å². The van der Waals surface area contributed by atoms with Crippen LogP contribution in [0.5, 0.6) is 0 Å². The van der Waals surface area contributed by atoms with Crippen molar-refractivity contribution in [3.63, 3.8) is 0 Å². The first kappa shape index (κ1) is 26.7. The van der Waals surface area contributed by atoms with Gasteiger partial charge in [0.05, 0.1) is 17.6 Å². The van der Waals surface area contributed by atoms with Crippen LogP contribution in [-0.2, 0) is 11.2 Å². The number of nitrogens with zero attached hydrogens (tertiary/aromatic N) is 5. The van der Waals surface area contributed by atoms with Gasteiger partial charge in [-0.2, -0.15) is 19.9 Å². The molecule has 1 aromatic carbocycles. The number of carbonyl (C=O) groups excluding carboxylic acids is 3. The van der Waals surface area contributed by atoms with Crippen LogP contribution in [0.25, 0.3) is 5.78 Å². The van der Waals surface area contributed by atoms with E-state index in [9.17, 15) is 14.4 Å². The zero-order chi connectivity index (χ0) is 28.4. The van der Waals surface area contributed by atoms with E-state index in [1.165, 1.54) is 34.3 Å². The normalized spacial score (nSPS) is 14.7. The lowest BCUT2D eigenvalue weighted by Gasteiger charge is -2.17. The molecule has 12 heteroatoms. The van der Waals surface area contributed by atoms with Crippen LogP contribution in [0.2, 0.25) is 0 Å². The predicted molar refractivity (Wildman–Crippen MR) is 146 cm³/mol. The van der Waals surface area contributed by atoms with Gasteiger partial charge in [0.1, 0.15) is 35.3 Å². The summed E-state index contributed by atoms with van der Waals surface area (Å²) in [5.41, 5.74) is 3.36. The van der Waals surface area contributed by atoms with Crippen LogP contribution < -0.4 is 10.6 Å². The standard InChI is InChI=1S/C28H25N7O4S/c1-4-11-39-27(38)19-6-7-20-18(15(19)2)8-9-21(20)33-26(37)23-12-22(34-28-30-14-31-35(23)28)25(36)32-16(3)24-10-5-17(13-29)40-24/h4-7,10,12,14,16,21H,1,8-9,11H2,2-3H3,(H,32,36)(H,33,37)/t16?,21-/m0/s1. The van der Waals surface area contributed by atoms with Gasteiger partial charge in [-0.05, 0) is 61.6 Å². The highest BCUT2D eigenvalue weighted by atomic mass is 32.1. The van der Waals surface area contributed by atoms with Crippen LogP contribution in [0.3, 0.4) is 0 Å². The first-order valence-electron chi connectivity index (χ1n) is 12.5. The summed E-state index contributed by atoms with van der Waals surface area (Å²) >= 11 is 1.29. The number of rotatable bonds is 8. The summed E-state index contributed by atoms with van der Waals surface area (Å²) in [6.45, 7) is 7.37. The number of esters is 1. The van der Waals surface area contributed by atoms with Crippen molar-refractivity contribution < 1.29 is 19.1 Å². The third-order valence-electron chi connectivity index (χ3n) is 6.78. The summed E-state index contributed by atoms with van der Waals surface area (Å²) in [4.78, 5) is 48.7. The second-order valence-corrected chi connectivity index (χ2v) is 10.4. The predicted octanol–water partition coefficient (Wildman–Crippen LogP) is 3.62. The Kier molecular flexibility index (Phi) is 7.39. The number of nitriles is 1. The molecule has 2 amide bonds. The number of hydrogen-bond acceptors (Lipinski definition) is 9. The third kappa shape index (κ3) is 5.06. The molecule has 1 unspecified atom stereocenters. The molecule has 40 heavy (non-hydrogen) atoms. The number of carbonyl (C=O) groups is 3. The average molecular weight is 556 g/mol. The van der Waals surface area contributed by atoms with Crippen LogP contribution in [-0.4, -0.2) is 44.0 Å². The maximum absolute atomic E-state index is 13.5. The first-order chi connectivity index (χ1) is 19.3. The molecule has 0 bridgehead atoms. The van der Waals surface area contributed by atoms with Gasteiger partial charge in [-0.3, -0.25) is 9.59 Å². The van der Waals surface area contributed by atoms with Gasteiger partial charge in [-0.25, -0.2) is 9.78 Å². The molecule has 2 atom stereocenters. The van der Waals surface area contributed by atoms with Crippen molar-refractivity contribution in [1.82, 2.24) is 30.2 Å². The SMILES string of the molecule is C=CCOC(=O)c1ccc2c(c1C)CC[C@@H]2NC(=O)c1cc(C(=O)NC(C)c2ccc(C#N)s2)nc2ncnn12. The Balaban J connectivity index is 1.36. The van der Waals surface area contributed by atoms with Gasteiger partial charge in [0.15, 0.2) is 0 Å². The van der Waals surface area contributed by atoms with E-state index in [-0.39, 0.29) is 35.9 Å². The fourth-order valence-electron chi connectivity index (χ4n) is 4.77. The van der Waals surface area contributed by atoms with Gasteiger partial charge in [0.25, 0.3) is 17.6 Å². The van der Waals surface area contributed by atoms with Crippen LogP contribution in [0.1, 0.15) is 83.2 Å². The molecule has 0 aliphatic heterocycles. The smallest absolute Gasteiger partial charge is 0.338 e. The molecule has 4 aromatic rings. The van der Waals surface area contributed by atoms with E-state index in [0.29, 0.717) is 23.3 Å². The van der Waals surface area contributed by atoms with E-state index in [1.54, 1.807) is 25.1 Å². The zero-order valence-electron chi connectivity index (χ0n) is 21.8. The number of benzene rings is 1. The Morgan fingerprint density at radius 3 is 2.88 bits per heavy atom. The van der Waals surface area contributed by atoms with Gasteiger partial charge in [-0.1, -0.05) is 18.7 Å². The van der Waals surface area contributed by atoms with E-state index in [2.05, 4.69) is 38.3 Å². The lowest BCUT2D eigenvalue weighted by molar-refractivity contribution is 0.0548. The molecule has 5 rings (SSSR count). The molecular formula is C28H25N7O4S. The Bertz CT molecular complexity index is 1700. The first-order valence-corrected chi connectivity index (χ1v) is 13.3. The van der Waals surface area contributed by atoms with Crippen LogP contribution in [0, 0.1) is 18.3 Å². The summed E-state index contributed by atoms with van der Waals surface area (Å²) in [6, 6.07) is 9.84. The Morgan fingerprint density at radius 1 is 1.30 bits per heavy atom. The molecule has 0 saturated carbocycles. The molecule has 0 fully saturated rings. The van der Waals surface area contributed by atoms with Gasteiger partial charge in [-0.15, -0.1) is 11.3 Å². The molecule has 11 nitrogen and oxygen atoms in total. The molecule has 3 heterocycles. The number of hydrogen-bond donors (Lipinski definition) is 2. The molecule has 2 N–H and O–H groups in total. The lowest BCUT2D eigenvalue weighted by atomic mass is 9.98. The number of fused-ring (bicyclic) bond motifs is 2. The highest BCUT2D eigenvalue weighted by Crippen LogP contribution is 2.35. The topological polar surface area (TPSA) is 151 Å². The van der Waals surface area contributed by atoms with Crippen LogP contribution in [0.4, 0.5) is 0 Å². The summed E-state index contributed by atoms with van der Waals surface area (Å²) in [6.07, 6.45) is 4.11. The minimum Gasteiger partial charge on any atom is -0.458 e. The summed E-state index contributed by atoms with van der Waals surface area (Å²) < 4.78 is 6.48. The van der Waals surface area contributed by atoms with Crippen molar-refractivity contribution >= 4 is 34.9 Å². The lowest BCUT2D eigenvalue weighted by Crippen LogP contribution is -2.31. The number of amides is 2. The zero-order valence-corrected chi connectivity index (χ0v) is 22.6. The Labute approximate surface area is 233 Å². The monoisotopic (exact) mass is 555 g/mol. The third-order valence-corrected chi connectivity index (χ3v) is 7.95. The quantitative estimate of drug-likeness (QED) is 0.247. The van der Waals surface area contributed by atoms with E-state index >= 15 is 0 Å². The van der Waals surface area contributed by atoms with Crippen molar-refractivity contribution in [2.45, 2.75) is 38.8 Å². The highest BCUT2D eigenvalue weighted by molar-refractivity contribution is 7.12. The molecule has 202 valence electrons. The Hall–Kier alpha value is -4.89. The summed E-state index contributed by atoms with van der Waals surface area (Å²) in [7, 11) is 0. The van der Waals surface area contributed by atoms with Crippen molar-refractivity contribution in [3.05, 3.63) is 92.7 Å². The second-order valence-electron chi connectivity index (χ2n) is 9.27. The molecule has 0 radical (unpaired) electrons. The van der Waals surface area contributed by atoms with E-state index in [4.69, 9.17) is 10.00 Å². The van der Waals surface area contributed by atoms with Crippen LogP contribution >= 0.6 is 11.3 Å². The number of thiophene rings is 1. The number of ether oxygens (including phenoxy) is 1. The minimum atomic E-state index is -0.489. The van der Waals surface area contributed by atoms with E-state index in [1.807, 2.05) is 13.0 Å². The van der Waals surface area contributed by atoms with Gasteiger partial charge < -0.3 is 15.4 Å². The largest absolute Gasteiger partial charge is 0.458 e. The van der Waals surface area contributed by atoms with Crippen LogP contribution in [0.15, 0.2) is 49.3 Å². The number of nitrogens with one attached hydrogen (secondary N) is 2. The second kappa shape index (κ2) is 11.1.